The van der Waals surface area contributed by atoms with Crippen molar-refractivity contribution in [3.63, 3.8) is 0 Å². The van der Waals surface area contributed by atoms with Gasteiger partial charge in [0.15, 0.2) is 0 Å². The molecule has 0 aliphatic rings. The van der Waals surface area contributed by atoms with Gasteiger partial charge in [0.05, 0.1) is 34.9 Å². The zero-order valence-electron chi connectivity index (χ0n) is 24.2. The van der Waals surface area contributed by atoms with Gasteiger partial charge in [-0.1, -0.05) is 35.9 Å². The predicted molar refractivity (Wildman–Crippen MR) is 167 cm³/mol. The summed E-state index contributed by atoms with van der Waals surface area (Å²) in [5.74, 6) is 0.0371. The maximum Gasteiger partial charge on any atom is 0.264 e. The second kappa shape index (κ2) is 13.2. The van der Waals surface area contributed by atoms with Gasteiger partial charge in [-0.15, -0.1) is 0 Å². The van der Waals surface area contributed by atoms with Crippen molar-refractivity contribution in [1.82, 2.24) is 0 Å². The maximum absolute atomic E-state index is 13.8. The molecule has 0 heterocycles. The van der Waals surface area contributed by atoms with E-state index < -0.39 is 32.5 Å². The van der Waals surface area contributed by atoms with Gasteiger partial charge in [0, 0.05) is 5.69 Å². The zero-order chi connectivity index (χ0) is 31.2. The Morgan fingerprint density at radius 3 is 2.07 bits per heavy atom. The molecule has 1 amide bonds. The molecular formula is C31H33N3O7S2. The van der Waals surface area contributed by atoms with Gasteiger partial charge in [-0.05, 0) is 87.0 Å². The number of benzene rings is 4. The normalized spacial score (nSPS) is 11.4. The molecule has 0 unspecified atom stereocenters. The maximum atomic E-state index is 13.8. The largest absolute Gasteiger partial charge is 0.495 e. The van der Waals surface area contributed by atoms with Crippen LogP contribution in [0.15, 0.2) is 101 Å². The monoisotopic (exact) mass is 623 g/mol. The Morgan fingerprint density at radius 2 is 1.42 bits per heavy atom. The first-order chi connectivity index (χ1) is 20.4. The van der Waals surface area contributed by atoms with Crippen LogP contribution in [0.5, 0.6) is 11.5 Å². The fraction of sp³-hybridized carbons (Fsp3) is 0.194. The third kappa shape index (κ3) is 7.46. The average molecular weight is 624 g/mol. The van der Waals surface area contributed by atoms with E-state index in [1.165, 1.54) is 43.5 Å². The minimum absolute atomic E-state index is 0.0181. The number of carbonyl (C=O) groups excluding carboxylic acids is 1. The first-order valence-corrected chi connectivity index (χ1v) is 16.3. The van der Waals surface area contributed by atoms with E-state index in [0.717, 1.165) is 15.4 Å². The quantitative estimate of drug-likeness (QED) is 0.218. The molecule has 0 bridgehead atoms. The average Bonchev–Trinajstić information content (AvgIpc) is 2.97. The molecule has 43 heavy (non-hydrogen) atoms. The molecule has 0 atom stereocenters. The number of nitrogens with zero attached hydrogens (tertiary/aromatic N) is 1. The number of nitrogens with one attached hydrogen (secondary N) is 2. The molecule has 0 saturated heterocycles. The minimum Gasteiger partial charge on any atom is -0.495 e. The SMILES string of the molecule is CCOc1ccccc1N(CC(=O)Nc1ccc(S(=O)(=O)Nc2cc(C)ccc2OC)cc1)S(=O)(=O)c1ccc(C)cc1. The number of methoxy groups -OCH3 is 1. The van der Waals surface area contributed by atoms with Crippen LogP contribution in [-0.2, 0) is 24.8 Å². The Morgan fingerprint density at radius 1 is 0.791 bits per heavy atom. The smallest absolute Gasteiger partial charge is 0.264 e. The van der Waals surface area contributed by atoms with Crippen LogP contribution in [-0.4, -0.2) is 43.0 Å². The highest BCUT2D eigenvalue weighted by Gasteiger charge is 2.29. The van der Waals surface area contributed by atoms with Gasteiger partial charge in [-0.3, -0.25) is 13.8 Å². The first-order valence-electron chi connectivity index (χ1n) is 13.3. The summed E-state index contributed by atoms with van der Waals surface area (Å²) in [5, 5.41) is 2.66. The lowest BCUT2D eigenvalue weighted by Crippen LogP contribution is -2.38. The number of ether oxygens (including phenoxy) is 2. The van der Waals surface area contributed by atoms with Crippen molar-refractivity contribution in [3.8, 4) is 11.5 Å². The van der Waals surface area contributed by atoms with Crippen molar-refractivity contribution in [3.05, 3.63) is 102 Å². The lowest BCUT2D eigenvalue weighted by atomic mass is 10.2. The number of amides is 1. The van der Waals surface area contributed by atoms with Crippen molar-refractivity contribution in [2.24, 2.45) is 0 Å². The third-order valence-corrected chi connectivity index (χ3v) is 9.53. The Bertz CT molecular complexity index is 1810. The number of rotatable bonds is 12. The fourth-order valence-corrected chi connectivity index (χ4v) is 6.72. The minimum atomic E-state index is -4.17. The first kappa shape index (κ1) is 31.4. The number of anilines is 3. The molecule has 4 aromatic carbocycles. The van der Waals surface area contributed by atoms with Gasteiger partial charge in [-0.25, -0.2) is 16.8 Å². The fourth-order valence-electron chi connectivity index (χ4n) is 4.23. The van der Waals surface area contributed by atoms with Crippen molar-refractivity contribution in [2.75, 3.05) is 34.6 Å². The molecule has 2 N–H and O–H groups in total. The molecule has 0 saturated carbocycles. The van der Waals surface area contributed by atoms with E-state index in [-0.39, 0.29) is 21.2 Å². The molecule has 0 aliphatic heterocycles. The second-order valence-corrected chi connectivity index (χ2v) is 13.2. The number of carbonyl (C=O) groups is 1. The lowest BCUT2D eigenvalue weighted by molar-refractivity contribution is -0.114. The van der Waals surface area contributed by atoms with Gasteiger partial charge in [0.1, 0.15) is 18.0 Å². The molecule has 0 aromatic heterocycles. The van der Waals surface area contributed by atoms with Crippen LogP contribution in [0.4, 0.5) is 17.1 Å². The number of hydrogen-bond acceptors (Lipinski definition) is 7. The number of para-hydroxylation sites is 2. The van der Waals surface area contributed by atoms with Crippen LogP contribution in [0.1, 0.15) is 18.1 Å². The molecule has 226 valence electrons. The molecule has 0 radical (unpaired) electrons. The highest BCUT2D eigenvalue weighted by atomic mass is 32.2. The molecule has 0 aliphatic carbocycles. The summed E-state index contributed by atoms with van der Waals surface area (Å²) in [6.45, 7) is 5.19. The topological polar surface area (TPSA) is 131 Å². The summed E-state index contributed by atoms with van der Waals surface area (Å²) in [6.07, 6.45) is 0. The van der Waals surface area contributed by atoms with Gasteiger partial charge >= 0.3 is 0 Å². The van der Waals surface area contributed by atoms with E-state index in [2.05, 4.69) is 10.0 Å². The summed E-state index contributed by atoms with van der Waals surface area (Å²) in [5.41, 5.74) is 2.51. The van der Waals surface area contributed by atoms with Crippen LogP contribution in [0.3, 0.4) is 0 Å². The Balaban J connectivity index is 1.57. The van der Waals surface area contributed by atoms with E-state index in [4.69, 9.17) is 9.47 Å². The molecule has 4 aromatic rings. The lowest BCUT2D eigenvalue weighted by Gasteiger charge is -2.26. The molecule has 0 spiro atoms. The van der Waals surface area contributed by atoms with E-state index in [9.17, 15) is 21.6 Å². The van der Waals surface area contributed by atoms with Gasteiger partial charge in [0.25, 0.3) is 20.0 Å². The van der Waals surface area contributed by atoms with Crippen LogP contribution in [0, 0.1) is 13.8 Å². The Kier molecular flexibility index (Phi) is 9.62. The van der Waals surface area contributed by atoms with Gasteiger partial charge in [0.2, 0.25) is 5.91 Å². The van der Waals surface area contributed by atoms with Gasteiger partial charge in [-0.2, -0.15) is 0 Å². The summed E-state index contributed by atoms with van der Waals surface area (Å²) in [7, 11) is -6.69. The number of sulfonamides is 2. The van der Waals surface area contributed by atoms with E-state index >= 15 is 0 Å². The van der Waals surface area contributed by atoms with E-state index in [1.54, 1.807) is 61.5 Å². The predicted octanol–water partition coefficient (Wildman–Crippen LogP) is 5.35. The van der Waals surface area contributed by atoms with Crippen LogP contribution >= 0.6 is 0 Å². The van der Waals surface area contributed by atoms with Crippen molar-refractivity contribution in [2.45, 2.75) is 30.6 Å². The molecular weight excluding hydrogens is 590 g/mol. The number of hydrogen-bond donors (Lipinski definition) is 2. The van der Waals surface area contributed by atoms with Crippen LogP contribution in [0.2, 0.25) is 0 Å². The van der Waals surface area contributed by atoms with Crippen molar-refractivity contribution >= 4 is 43.0 Å². The Hall–Kier alpha value is -4.55. The summed E-state index contributed by atoms with van der Waals surface area (Å²) < 4.78 is 68.0. The third-order valence-electron chi connectivity index (χ3n) is 6.38. The van der Waals surface area contributed by atoms with Crippen molar-refractivity contribution in [1.29, 1.82) is 0 Å². The second-order valence-electron chi connectivity index (χ2n) is 9.61. The highest BCUT2D eigenvalue weighted by molar-refractivity contribution is 7.93. The van der Waals surface area contributed by atoms with Crippen molar-refractivity contribution < 1.29 is 31.1 Å². The van der Waals surface area contributed by atoms with Crippen LogP contribution < -0.4 is 23.8 Å². The van der Waals surface area contributed by atoms with E-state index in [1.807, 2.05) is 13.8 Å². The zero-order valence-corrected chi connectivity index (χ0v) is 25.8. The Labute approximate surface area is 252 Å². The molecule has 10 nitrogen and oxygen atoms in total. The highest BCUT2D eigenvalue weighted by Crippen LogP contribution is 2.33. The number of aryl methyl sites for hydroxylation is 2. The summed E-state index contributed by atoms with van der Waals surface area (Å²) >= 11 is 0. The van der Waals surface area contributed by atoms with E-state index in [0.29, 0.717) is 23.8 Å². The van der Waals surface area contributed by atoms with Gasteiger partial charge < -0.3 is 14.8 Å². The standard InChI is InChI=1S/C31H33N3O7S2/c1-5-41-30-9-7-6-8-28(30)34(43(38,39)26-15-10-22(2)11-16-26)21-31(35)32-24-13-17-25(18-14-24)42(36,37)33-27-20-23(3)12-19-29(27)40-4/h6-20,33H,5,21H2,1-4H3,(H,32,35). The van der Waals surface area contributed by atoms with Crippen LogP contribution in [0.25, 0.3) is 0 Å². The molecule has 12 heteroatoms. The summed E-state index contributed by atoms with van der Waals surface area (Å²) in [4.78, 5) is 13.2. The summed E-state index contributed by atoms with van der Waals surface area (Å²) in [6, 6.07) is 23.6. The molecule has 0 fully saturated rings. The molecule has 4 rings (SSSR count).